The average molecular weight is 525 g/mol. The molecule has 0 aromatic heterocycles. The zero-order valence-corrected chi connectivity index (χ0v) is 20.4. The molecule has 1 fully saturated rings. The summed E-state index contributed by atoms with van der Waals surface area (Å²) in [6.45, 7) is 4.99. The second kappa shape index (κ2) is 10.8. The molecule has 1 heterocycles. The predicted octanol–water partition coefficient (Wildman–Crippen LogP) is 4.40. The number of para-hydroxylation sites is 1. The first-order valence-electron chi connectivity index (χ1n) is 11.1. The number of rotatable bonds is 6. The highest BCUT2D eigenvalue weighted by molar-refractivity contribution is 9.10. The van der Waals surface area contributed by atoms with Gasteiger partial charge in [-0.05, 0) is 48.9 Å². The lowest BCUT2D eigenvalue weighted by Crippen LogP contribution is -2.44. The molecule has 176 valence electrons. The number of hydrogen-bond donors (Lipinski definition) is 2. The van der Waals surface area contributed by atoms with Gasteiger partial charge in [-0.3, -0.25) is 14.5 Å². The van der Waals surface area contributed by atoms with Crippen molar-refractivity contribution in [1.82, 2.24) is 10.6 Å². The number of halogens is 2. The molecule has 34 heavy (non-hydrogen) atoms. The van der Waals surface area contributed by atoms with Gasteiger partial charge in [-0.1, -0.05) is 46.3 Å². The molecular formula is C26H26BrFN4O2. The zero-order chi connectivity index (χ0) is 24.1. The van der Waals surface area contributed by atoms with Gasteiger partial charge in [0.2, 0.25) is 0 Å². The summed E-state index contributed by atoms with van der Waals surface area (Å²) in [4.78, 5) is 30.1. The van der Waals surface area contributed by atoms with Crippen LogP contribution in [-0.4, -0.2) is 44.5 Å². The van der Waals surface area contributed by atoms with Gasteiger partial charge in [0.25, 0.3) is 11.8 Å². The molecule has 2 N–H and O–H groups in total. The van der Waals surface area contributed by atoms with Gasteiger partial charge in [0.05, 0.1) is 29.2 Å². The Kier molecular flexibility index (Phi) is 7.59. The second-order valence-corrected chi connectivity index (χ2v) is 8.96. The zero-order valence-electron chi connectivity index (χ0n) is 18.9. The van der Waals surface area contributed by atoms with E-state index in [1.807, 2.05) is 49.4 Å². The fourth-order valence-electron chi connectivity index (χ4n) is 4.04. The molecule has 0 atom stereocenters. The topological polar surface area (TPSA) is 64.7 Å². The highest BCUT2D eigenvalue weighted by Gasteiger charge is 2.26. The fourth-order valence-corrected chi connectivity index (χ4v) is 4.39. The lowest BCUT2D eigenvalue weighted by molar-refractivity contribution is -0.117. The highest BCUT2D eigenvalue weighted by atomic mass is 79.9. The van der Waals surface area contributed by atoms with E-state index in [0.29, 0.717) is 0 Å². The van der Waals surface area contributed by atoms with Gasteiger partial charge in [-0.2, -0.15) is 0 Å². The molecule has 0 bridgehead atoms. The Hall–Kier alpha value is -3.23. The lowest BCUT2D eigenvalue weighted by Gasteiger charge is -2.34. The van der Waals surface area contributed by atoms with Crippen LogP contribution in [0.25, 0.3) is 0 Å². The Morgan fingerprint density at radius 1 is 1.03 bits per heavy atom. The molecule has 0 saturated carbocycles. The molecule has 8 heteroatoms. The van der Waals surface area contributed by atoms with E-state index < -0.39 is 11.7 Å². The smallest absolute Gasteiger partial charge is 0.254 e. The third kappa shape index (κ3) is 5.29. The summed E-state index contributed by atoms with van der Waals surface area (Å²) in [6, 6.07) is 19.2. The van der Waals surface area contributed by atoms with E-state index in [9.17, 15) is 14.0 Å². The first-order chi connectivity index (χ1) is 16.5. The van der Waals surface area contributed by atoms with Crippen LogP contribution in [0, 0.1) is 12.7 Å². The van der Waals surface area contributed by atoms with E-state index >= 15 is 0 Å². The maximum absolute atomic E-state index is 14.0. The molecule has 3 aromatic rings. The molecule has 3 aromatic carbocycles. The predicted molar refractivity (Wildman–Crippen MR) is 136 cm³/mol. The number of hydrogen-bond acceptors (Lipinski definition) is 4. The molecule has 0 spiro atoms. The highest BCUT2D eigenvalue weighted by Crippen LogP contribution is 2.38. The maximum atomic E-state index is 14.0. The lowest BCUT2D eigenvalue weighted by atomic mass is 10.1. The van der Waals surface area contributed by atoms with Crippen LogP contribution < -0.4 is 20.4 Å². The van der Waals surface area contributed by atoms with Crippen molar-refractivity contribution in [3.8, 4) is 0 Å². The average Bonchev–Trinajstić information content (AvgIpc) is 2.85. The summed E-state index contributed by atoms with van der Waals surface area (Å²) in [5.74, 6) is -1.59. The van der Waals surface area contributed by atoms with Crippen LogP contribution in [0.5, 0.6) is 0 Å². The number of nitrogens with zero attached hydrogens (tertiary/aromatic N) is 2. The molecule has 0 aliphatic carbocycles. The first-order valence-corrected chi connectivity index (χ1v) is 11.9. The summed E-state index contributed by atoms with van der Waals surface area (Å²) >= 11 is 3.55. The second-order valence-electron chi connectivity index (χ2n) is 8.05. The fraction of sp³-hybridized carbons (Fsp3) is 0.231. The molecule has 1 aliphatic heterocycles. The SMILES string of the molecule is Cc1ccccc1N(C(=O)CNC(=O)c1ccccc1F)c1cc(Br)ccc1N1CCNCC1. The van der Waals surface area contributed by atoms with Crippen molar-refractivity contribution >= 4 is 44.8 Å². The Morgan fingerprint density at radius 3 is 2.47 bits per heavy atom. The number of amides is 2. The molecule has 0 unspecified atom stereocenters. The van der Waals surface area contributed by atoms with Gasteiger partial charge >= 0.3 is 0 Å². The Bertz CT molecular complexity index is 1200. The van der Waals surface area contributed by atoms with Gasteiger partial charge in [-0.15, -0.1) is 0 Å². The van der Waals surface area contributed by atoms with Crippen molar-refractivity contribution in [2.24, 2.45) is 0 Å². The minimum atomic E-state index is -0.632. The van der Waals surface area contributed by atoms with E-state index in [4.69, 9.17) is 0 Å². The standard InChI is InChI=1S/C26H26BrFN4O2/c1-18-6-2-5-9-22(18)32(25(33)17-30-26(34)20-7-3-4-8-21(20)28)24-16-19(27)10-11-23(24)31-14-12-29-13-15-31/h2-11,16,29H,12-15,17H2,1H3,(H,30,34). The van der Waals surface area contributed by atoms with Crippen LogP contribution in [0.15, 0.2) is 71.2 Å². The minimum Gasteiger partial charge on any atom is -0.367 e. The van der Waals surface area contributed by atoms with Gasteiger partial charge in [0.15, 0.2) is 0 Å². The molecule has 4 rings (SSSR count). The van der Waals surface area contributed by atoms with Crippen LogP contribution in [0.1, 0.15) is 15.9 Å². The monoisotopic (exact) mass is 524 g/mol. The van der Waals surface area contributed by atoms with E-state index in [1.165, 1.54) is 18.2 Å². The van der Waals surface area contributed by atoms with Crippen LogP contribution in [0.4, 0.5) is 21.5 Å². The quantitative estimate of drug-likeness (QED) is 0.501. The summed E-state index contributed by atoms with van der Waals surface area (Å²) < 4.78 is 14.9. The molecule has 6 nitrogen and oxygen atoms in total. The summed E-state index contributed by atoms with van der Waals surface area (Å²) in [5.41, 5.74) is 3.20. The molecule has 2 amide bonds. The van der Waals surface area contributed by atoms with Crippen molar-refractivity contribution in [2.45, 2.75) is 6.92 Å². The summed E-state index contributed by atoms with van der Waals surface area (Å²) in [5, 5.41) is 5.94. The van der Waals surface area contributed by atoms with Crippen LogP contribution >= 0.6 is 15.9 Å². The van der Waals surface area contributed by atoms with E-state index in [-0.39, 0.29) is 18.0 Å². The van der Waals surface area contributed by atoms with Gasteiger partial charge in [0, 0.05) is 30.7 Å². The number of nitrogens with one attached hydrogen (secondary N) is 2. The Morgan fingerprint density at radius 2 is 1.74 bits per heavy atom. The van der Waals surface area contributed by atoms with Gasteiger partial charge in [-0.25, -0.2) is 4.39 Å². The van der Waals surface area contributed by atoms with Crippen molar-refractivity contribution in [2.75, 3.05) is 42.5 Å². The number of aryl methyl sites for hydroxylation is 1. The van der Waals surface area contributed by atoms with Crippen molar-refractivity contribution < 1.29 is 14.0 Å². The van der Waals surface area contributed by atoms with Crippen LogP contribution in [0.3, 0.4) is 0 Å². The molecule has 1 saturated heterocycles. The van der Waals surface area contributed by atoms with Crippen LogP contribution in [-0.2, 0) is 4.79 Å². The number of carbonyl (C=O) groups is 2. The first kappa shape index (κ1) is 23.9. The van der Waals surface area contributed by atoms with E-state index in [1.54, 1.807) is 11.0 Å². The van der Waals surface area contributed by atoms with Crippen molar-refractivity contribution in [3.05, 3.63) is 88.1 Å². The van der Waals surface area contributed by atoms with Crippen LogP contribution in [0.2, 0.25) is 0 Å². The molecule has 0 radical (unpaired) electrons. The third-order valence-electron chi connectivity index (χ3n) is 5.76. The molecular weight excluding hydrogens is 499 g/mol. The largest absolute Gasteiger partial charge is 0.367 e. The third-order valence-corrected chi connectivity index (χ3v) is 6.25. The normalized spacial score (nSPS) is 13.4. The van der Waals surface area contributed by atoms with Gasteiger partial charge < -0.3 is 15.5 Å². The molecule has 1 aliphatic rings. The Balaban J connectivity index is 1.69. The van der Waals surface area contributed by atoms with Gasteiger partial charge in [0.1, 0.15) is 5.82 Å². The van der Waals surface area contributed by atoms with Crippen molar-refractivity contribution in [3.63, 3.8) is 0 Å². The summed E-state index contributed by atoms with van der Waals surface area (Å²) in [6.07, 6.45) is 0. The van der Waals surface area contributed by atoms with E-state index in [2.05, 4.69) is 31.5 Å². The number of anilines is 3. The van der Waals surface area contributed by atoms with Crippen molar-refractivity contribution in [1.29, 1.82) is 0 Å². The van der Waals surface area contributed by atoms with E-state index in [0.717, 1.165) is 53.3 Å². The number of piperazine rings is 1. The minimum absolute atomic E-state index is 0.0956. The number of benzene rings is 3. The maximum Gasteiger partial charge on any atom is 0.254 e. The number of carbonyl (C=O) groups excluding carboxylic acids is 2. The summed E-state index contributed by atoms with van der Waals surface area (Å²) in [7, 11) is 0. The Labute approximate surface area is 206 Å².